The number of hydrogen-bond acceptors (Lipinski definition) is 5. The number of ether oxygens (including phenoxy) is 2. The minimum absolute atomic E-state index is 0.394. The molecule has 0 unspecified atom stereocenters. The number of benzene rings is 1. The van der Waals surface area contributed by atoms with Gasteiger partial charge in [-0.15, -0.1) is 0 Å². The van der Waals surface area contributed by atoms with Crippen LogP contribution in [-0.4, -0.2) is 37.7 Å². The van der Waals surface area contributed by atoms with Gasteiger partial charge in [-0.1, -0.05) is 25.1 Å². The van der Waals surface area contributed by atoms with Crippen molar-refractivity contribution in [2.24, 2.45) is 0 Å². The highest BCUT2D eigenvalue weighted by atomic mass is 16.6. The molecule has 0 heterocycles. The second-order valence-corrected chi connectivity index (χ2v) is 4.06. The van der Waals surface area contributed by atoms with E-state index in [0.717, 1.165) is 0 Å². The normalized spacial score (nSPS) is 11.1. The summed E-state index contributed by atoms with van der Waals surface area (Å²) in [5, 5.41) is 4.20. The maximum atomic E-state index is 11.8. The van der Waals surface area contributed by atoms with Crippen LogP contribution in [0.5, 0.6) is 5.75 Å². The lowest BCUT2D eigenvalue weighted by Gasteiger charge is -2.16. The maximum absolute atomic E-state index is 11.8. The Bertz CT molecular complexity index is 489. The zero-order valence-corrected chi connectivity index (χ0v) is 11.9. The van der Waals surface area contributed by atoms with E-state index in [0.29, 0.717) is 12.2 Å². The van der Waals surface area contributed by atoms with Crippen molar-refractivity contribution in [3.63, 3.8) is 0 Å². The number of carbonyl (C=O) groups excluding carboxylic acids is 3. The van der Waals surface area contributed by atoms with E-state index >= 15 is 0 Å². The highest BCUT2D eigenvalue weighted by molar-refractivity contribution is 5.95. The minimum atomic E-state index is -0.805. The summed E-state index contributed by atoms with van der Waals surface area (Å²) in [6.07, 6.45) is -0.412. The highest BCUT2D eigenvalue weighted by Gasteiger charge is 2.21. The molecule has 1 rings (SSSR count). The van der Waals surface area contributed by atoms with Gasteiger partial charge in [0.05, 0.1) is 0 Å². The molecule has 3 amide bonds. The highest BCUT2D eigenvalue weighted by Crippen LogP contribution is 2.13. The molecule has 1 aromatic rings. The van der Waals surface area contributed by atoms with Crippen molar-refractivity contribution >= 4 is 17.9 Å². The Morgan fingerprint density at radius 1 is 1.19 bits per heavy atom. The van der Waals surface area contributed by atoms with Crippen LogP contribution in [0.2, 0.25) is 0 Å². The summed E-state index contributed by atoms with van der Waals surface area (Å²) in [7, 11) is 1.37. The van der Waals surface area contributed by atoms with E-state index in [1.165, 1.54) is 7.05 Å². The third-order valence-electron chi connectivity index (χ3n) is 2.48. The van der Waals surface area contributed by atoms with Gasteiger partial charge < -0.3 is 14.8 Å². The molecule has 0 saturated heterocycles. The Labute approximate surface area is 122 Å². The molecule has 0 fully saturated rings. The lowest BCUT2D eigenvalue weighted by molar-refractivity contribution is -0.155. The minimum Gasteiger partial charge on any atom is -0.479 e. The standard InChI is InChI=1S/C14H18N2O5/c1-3-11(21-10-7-5-4-6-8-10)13(18)20-9-12(17)16-14(19)15-2/h4-8,11H,3,9H2,1-2H3,(H2,15,16,17,19)/t11-/m1/s1. The van der Waals surface area contributed by atoms with Crippen molar-refractivity contribution < 1.29 is 23.9 Å². The smallest absolute Gasteiger partial charge is 0.347 e. The molecule has 21 heavy (non-hydrogen) atoms. The Morgan fingerprint density at radius 2 is 1.86 bits per heavy atom. The van der Waals surface area contributed by atoms with Gasteiger partial charge in [-0.05, 0) is 18.6 Å². The van der Waals surface area contributed by atoms with Gasteiger partial charge in [0.1, 0.15) is 5.75 Å². The van der Waals surface area contributed by atoms with Crippen molar-refractivity contribution in [2.75, 3.05) is 13.7 Å². The van der Waals surface area contributed by atoms with Crippen LogP contribution in [0.3, 0.4) is 0 Å². The second-order valence-electron chi connectivity index (χ2n) is 4.06. The summed E-state index contributed by atoms with van der Waals surface area (Å²) in [6, 6.07) is 8.16. The van der Waals surface area contributed by atoms with Gasteiger partial charge in [-0.3, -0.25) is 10.1 Å². The summed E-state index contributed by atoms with van der Waals surface area (Å²) in [5.74, 6) is -0.832. The van der Waals surface area contributed by atoms with Crippen LogP contribution in [0, 0.1) is 0 Å². The lowest BCUT2D eigenvalue weighted by Crippen LogP contribution is -2.40. The molecular formula is C14H18N2O5. The van der Waals surface area contributed by atoms with E-state index < -0.39 is 30.6 Å². The van der Waals surface area contributed by atoms with Crippen LogP contribution in [0.4, 0.5) is 4.79 Å². The molecule has 0 bridgehead atoms. The van der Waals surface area contributed by atoms with E-state index in [1.54, 1.807) is 31.2 Å². The number of urea groups is 1. The summed E-state index contributed by atoms with van der Waals surface area (Å²) in [6.45, 7) is 1.22. The van der Waals surface area contributed by atoms with Crippen LogP contribution < -0.4 is 15.4 Å². The SMILES string of the molecule is CC[C@@H](Oc1ccccc1)C(=O)OCC(=O)NC(=O)NC. The quantitative estimate of drug-likeness (QED) is 0.758. The molecule has 7 heteroatoms. The molecule has 0 saturated carbocycles. The maximum Gasteiger partial charge on any atom is 0.347 e. The van der Waals surface area contributed by atoms with Gasteiger partial charge in [0.15, 0.2) is 12.7 Å². The summed E-state index contributed by atoms with van der Waals surface area (Å²) in [4.78, 5) is 34.0. The third kappa shape index (κ3) is 5.94. The summed E-state index contributed by atoms with van der Waals surface area (Å²) in [5.41, 5.74) is 0. The molecule has 0 spiro atoms. The Balaban J connectivity index is 2.45. The molecule has 114 valence electrons. The second kappa shape index (κ2) is 8.57. The molecule has 0 aliphatic heterocycles. The fourth-order valence-electron chi connectivity index (χ4n) is 1.42. The monoisotopic (exact) mass is 294 g/mol. The van der Waals surface area contributed by atoms with Crippen LogP contribution in [0.15, 0.2) is 30.3 Å². The van der Waals surface area contributed by atoms with Gasteiger partial charge in [0, 0.05) is 7.05 Å². The Kier molecular flexibility index (Phi) is 6.73. The molecule has 2 N–H and O–H groups in total. The molecule has 7 nitrogen and oxygen atoms in total. The molecular weight excluding hydrogens is 276 g/mol. The van der Waals surface area contributed by atoms with E-state index in [4.69, 9.17) is 9.47 Å². The molecule has 0 aromatic heterocycles. The molecule has 0 aliphatic carbocycles. The summed E-state index contributed by atoms with van der Waals surface area (Å²) >= 11 is 0. The number of rotatable bonds is 6. The first kappa shape index (κ1) is 16.5. The fraction of sp³-hybridized carbons (Fsp3) is 0.357. The number of nitrogens with one attached hydrogen (secondary N) is 2. The number of imide groups is 1. The third-order valence-corrected chi connectivity index (χ3v) is 2.48. The van der Waals surface area contributed by atoms with Crippen LogP contribution in [-0.2, 0) is 14.3 Å². The number of carbonyl (C=O) groups is 3. The fourth-order valence-corrected chi connectivity index (χ4v) is 1.42. The van der Waals surface area contributed by atoms with Crippen molar-refractivity contribution in [3.8, 4) is 5.75 Å². The first-order valence-electron chi connectivity index (χ1n) is 6.46. The summed E-state index contributed by atoms with van der Waals surface area (Å²) < 4.78 is 10.3. The van der Waals surface area contributed by atoms with Crippen LogP contribution in [0.1, 0.15) is 13.3 Å². The van der Waals surface area contributed by atoms with Gasteiger partial charge in [-0.2, -0.15) is 0 Å². The van der Waals surface area contributed by atoms with Crippen molar-refractivity contribution in [3.05, 3.63) is 30.3 Å². The van der Waals surface area contributed by atoms with Gasteiger partial charge in [-0.25, -0.2) is 9.59 Å². The van der Waals surface area contributed by atoms with Crippen molar-refractivity contribution in [1.29, 1.82) is 0 Å². The molecule has 1 aromatic carbocycles. The van der Waals surface area contributed by atoms with Gasteiger partial charge in [0.25, 0.3) is 5.91 Å². The van der Waals surface area contributed by atoms with E-state index in [1.807, 2.05) is 11.4 Å². The zero-order valence-electron chi connectivity index (χ0n) is 11.9. The van der Waals surface area contributed by atoms with E-state index in [2.05, 4.69) is 5.32 Å². The number of hydrogen-bond donors (Lipinski definition) is 2. The van der Waals surface area contributed by atoms with Crippen molar-refractivity contribution in [1.82, 2.24) is 10.6 Å². The predicted octanol–water partition coefficient (Wildman–Crippen LogP) is 0.843. The van der Waals surface area contributed by atoms with Crippen molar-refractivity contribution in [2.45, 2.75) is 19.4 Å². The first-order valence-corrected chi connectivity index (χ1v) is 6.46. The number of amides is 3. The molecule has 0 aliphatic rings. The van der Waals surface area contributed by atoms with Gasteiger partial charge >= 0.3 is 12.0 Å². The Hall–Kier alpha value is -2.57. The van der Waals surface area contributed by atoms with Crippen LogP contribution >= 0.6 is 0 Å². The topological polar surface area (TPSA) is 93.7 Å². The Morgan fingerprint density at radius 3 is 2.43 bits per heavy atom. The zero-order chi connectivity index (χ0) is 15.7. The predicted molar refractivity (Wildman–Crippen MR) is 74.7 cm³/mol. The largest absolute Gasteiger partial charge is 0.479 e. The number of para-hydroxylation sites is 1. The van der Waals surface area contributed by atoms with Gasteiger partial charge in [0.2, 0.25) is 0 Å². The molecule has 0 radical (unpaired) electrons. The average Bonchev–Trinajstić information content (AvgIpc) is 2.51. The molecule has 1 atom stereocenters. The van der Waals surface area contributed by atoms with E-state index in [9.17, 15) is 14.4 Å². The average molecular weight is 294 g/mol. The first-order chi connectivity index (χ1) is 10.1. The van der Waals surface area contributed by atoms with Crippen LogP contribution in [0.25, 0.3) is 0 Å². The van der Waals surface area contributed by atoms with E-state index in [-0.39, 0.29) is 0 Å². The number of esters is 1. The lowest BCUT2D eigenvalue weighted by atomic mass is 10.2.